The van der Waals surface area contributed by atoms with E-state index in [2.05, 4.69) is 15.3 Å². The van der Waals surface area contributed by atoms with E-state index in [9.17, 15) is 9.18 Å². The number of anilines is 2. The second-order valence-electron chi connectivity index (χ2n) is 5.58. The number of benzene rings is 1. The van der Waals surface area contributed by atoms with Crippen LogP contribution in [0.2, 0.25) is 5.02 Å². The molecule has 1 fully saturated rings. The molecular weight excluding hydrogens is 351 g/mol. The third kappa shape index (κ3) is 4.15. The van der Waals surface area contributed by atoms with E-state index in [1.807, 2.05) is 0 Å². The quantitative estimate of drug-likeness (QED) is 0.853. The van der Waals surface area contributed by atoms with Crippen LogP contribution in [0, 0.1) is 5.82 Å². The van der Waals surface area contributed by atoms with Crippen molar-refractivity contribution in [2.24, 2.45) is 0 Å². The molecular formula is C16H16ClFN4OS. The largest absolute Gasteiger partial charge is 0.368 e. The SMILES string of the molecule is Nc1ncc(Sc2ccc(F)cc2Cl)c(NC2CCC(=O)CC2)n1. The van der Waals surface area contributed by atoms with E-state index in [0.717, 1.165) is 17.7 Å². The van der Waals surface area contributed by atoms with Crippen LogP contribution in [0.1, 0.15) is 25.7 Å². The van der Waals surface area contributed by atoms with Gasteiger partial charge in [-0.2, -0.15) is 4.98 Å². The molecule has 3 rings (SSSR count). The Morgan fingerprint density at radius 2 is 2.04 bits per heavy atom. The molecule has 1 aromatic heterocycles. The molecule has 24 heavy (non-hydrogen) atoms. The number of Topliss-reactive ketones (excluding diaryl/α,β-unsaturated/α-hetero) is 1. The van der Waals surface area contributed by atoms with Crippen LogP contribution in [0.25, 0.3) is 0 Å². The predicted molar refractivity (Wildman–Crippen MR) is 92.9 cm³/mol. The lowest BCUT2D eigenvalue weighted by Crippen LogP contribution is -2.26. The maximum Gasteiger partial charge on any atom is 0.221 e. The Bertz CT molecular complexity index is 764. The van der Waals surface area contributed by atoms with Crippen LogP contribution in [-0.4, -0.2) is 21.8 Å². The van der Waals surface area contributed by atoms with Gasteiger partial charge in [0.1, 0.15) is 17.4 Å². The first-order valence-electron chi connectivity index (χ1n) is 7.55. The molecule has 0 atom stereocenters. The van der Waals surface area contributed by atoms with Crippen molar-refractivity contribution in [3.8, 4) is 0 Å². The molecule has 0 spiro atoms. The summed E-state index contributed by atoms with van der Waals surface area (Å²) in [5, 5.41) is 3.67. The summed E-state index contributed by atoms with van der Waals surface area (Å²) in [4.78, 5) is 21.1. The normalized spacial score (nSPS) is 15.5. The van der Waals surface area contributed by atoms with E-state index in [4.69, 9.17) is 17.3 Å². The van der Waals surface area contributed by atoms with Crippen molar-refractivity contribution in [1.29, 1.82) is 0 Å². The number of halogens is 2. The van der Waals surface area contributed by atoms with Crippen molar-refractivity contribution in [1.82, 2.24) is 9.97 Å². The molecule has 5 nitrogen and oxygen atoms in total. The summed E-state index contributed by atoms with van der Waals surface area (Å²) in [5.74, 6) is 0.678. The van der Waals surface area contributed by atoms with Crippen LogP contribution in [0.4, 0.5) is 16.2 Å². The second-order valence-corrected chi connectivity index (χ2v) is 7.07. The van der Waals surface area contributed by atoms with Crippen LogP contribution in [0.3, 0.4) is 0 Å². The molecule has 3 N–H and O–H groups in total. The third-order valence-electron chi connectivity index (χ3n) is 3.77. The molecule has 1 aliphatic carbocycles. The summed E-state index contributed by atoms with van der Waals surface area (Å²) in [5.41, 5.74) is 5.70. The highest BCUT2D eigenvalue weighted by molar-refractivity contribution is 7.99. The van der Waals surface area contributed by atoms with Crippen molar-refractivity contribution in [3.63, 3.8) is 0 Å². The molecule has 8 heteroatoms. The van der Waals surface area contributed by atoms with Crippen molar-refractivity contribution in [2.45, 2.75) is 41.5 Å². The van der Waals surface area contributed by atoms with Gasteiger partial charge in [0.2, 0.25) is 5.95 Å². The highest BCUT2D eigenvalue weighted by atomic mass is 35.5. The van der Waals surface area contributed by atoms with Crippen molar-refractivity contribution in [3.05, 3.63) is 35.2 Å². The van der Waals surface area contributed by atoms with Gasteiger partial charge in [0.15, 0.2) is 0 Å². The van der Waals surface area contributed by atoms with Crippen LogP contribution in [-0.2, 0) is 4.79 Å². The summed E-state index contributed by atoms with van der Waals surface area (Å²) in [7, 11) is 0. The second kappa shape index (κ2) is 7.36. The molecule has 0 radical (unpaired) electrons. The molecule has 2 aromatic rings. The van der Waals surface area contributed by atoms with Crippen LogP contribution >= 0.6 is 23.4 Å². The van der Waals surface area contributed by atoms with Gasteiger partial charge >= 0.3 is 0 Å². The Balaban J connectivity index is 1.81. The van der Waals surface area contributed by atoms with E-state index < -0.39 is 0 Å². The smallest absolute Gasteiger partial charge is 0.221 e. The number of hydrogen-bond acceptors (Lipinski definition) is 6. The molecule has 1 aliphatic rings. The van der Waals surface area contributed by atoms with Gasteiger partial charge < -0.3 is 11.1 Å². The zero-order valence-corrected chi connectivity index (χ0v) is 14.3. The number of rotatable bonds is 4. The van der Waals surface area contributed by atoms with E-state index in [1.54, 1.807) is 12.3 Å². The Labute approximate surface area is 148 Å². The minimum absolute atomic E-state index is 0.166. The van der Waals surface area contributed by atoms with Gasteiger partial charge in [0.05, 0.1) is 9.92 Å². The van der Waals surface area contributed by atoms with Gasteiger partial charge in [-0.15, -0.1) is 0 Å². The molecule has 1 aromatic carbocycles. The lowest BCUT2D eigenvalue weighted by Gasteiger charge is -2.23. The summed E-state index contributed by atoms with van der Waals surface area (Å²) in [6, 6.07) is 4.40. The maximum atomic E-state index is 13.2. The van der Waals surface area contributed by atoms with Crippen LogP contribution in [0.5, 0.6) is 0 Å². The standard InChI is InChI=1S/C16H16ClFN4OS/c17-12-7-9(18)1-6-13(12)24-14-8-20-16(19)22-15(14)21-10-2-4-11(23)5-3-10/h1,6-8,10H,2-5H2,(H3,19,20,21,22). The molecule has 0 saturated heterocycles. The Hall–Kier alpha value is -1.86. The van der Waals surface area contributed by atoms with Gasteiger partial charge in [-0.3, -0.25) is 4.79 Å². The van der Waals surface area contributed by atoms with E-state index >= 15 is 0 Å². The number of nitrogens with one attached hydrogen (secondary N) is 1. The number of nitrogens with two attached hydrogens (primary N) is 1. The number of ketones is 1. The van der Waals surface area contributed by atoms with Crippen LogP contribution < -0.4 is 11.1 Å². The number of nitrogen functional groups attached to an aromatic ring is 1. The first-order chi connectivity index (χ1) is 11.5. The monoisotopic (exact) mass is 366 g/mol. The third-order valence-corrected chi connectivity index (χ3v) is 5.29. The minimum atomic E-state index is -0.386. The zero-order valence-electron chi connectivity index (χ0n) is 12.8. The molecule has 0 unspecified atom stereocenters. The average molecular weight is 367 g/mol. The Morgan fingerprint density at radius 3 is 2.75 bits per heavy atom. The summed E-state index contributed by atoms with van der Waals surface area (Å²) >= 11 is 7.43. The van der Waals surface area contributed by atoms with Gasteiger partial charge in [-0.1, -0.05) is 23.4 Å². The first-order valence-corrected chi connectivity index (χ1v) is 8.74. The molecule has 1 saturated carbocycles. The van der Waals surface area contributed by atoms with Gasteiger partial charge in [-0.05, 0) is 31.0 Å². The molecule has 1 heterocycles. The Morgan fingerprint density at radius 1 is 1.29 bits per heavy atom. The van der Waals surface area contributed by atoms with Gasteiger partial charge in [0.25, 0.3) is 0 Å². The fourth-order valence-electron chi connectivity index (χ4n) is 2.52. The lowest BCUT2D eigenvalue weighted by molar-refractivity contribution is -0.120. The summed E-state index contributed by atoms with van der Waals surface area (Å²) in [6.07, 6.45) is 4.30. The Kier molecular flexibility index (Phi) is 5.20. The maximum absolute atomic E-state index is 13.2. The van der Waals surface area contributed by atoms with Crippen molar-refractivity contribution in [2.75, 3.05) is 11.1 Å². The number of carbonyl (C=O) groups is 1. The number of carbonyl (C=O) groups excluding carboxylic acids is 1. The molecule has 0 bridgehead atoms. The van der Waals surface area contributed by atoms with Gasteiger partial charge in [-0.25, -0.2) is 9.37 Å². The first kappa shape index (κ1) is 17.0. The van der Waals surface area contributed by atoms with E-state index in [-0.39, 0.29) is 17.8 Å². The predicted octanol–water partition coefficient (Wildman–Crippen LogP) is 3.93. The van der Waals surface area contributed by atoms with E-state index in [1.165, 1.54) is 23.9 Å². The molecule has 0 amide bonds. The van der Waals surface area contributed by atoms with Crippen molar-refractivity contribution >= 4 is 40.9 Å². The van der Waals surface area contributed by atoms with E-state index in [0.29, 0.717) is 34.4 Å². The van der Waals surface area contributed by atoms with Crippen molar-refractivity contribution < 1.29 is 9.18 Å². The molecule has 0 aliphatic heterocycles. The summed E-state index contributed by atoms with van der Waals surface area (Å²) < 4.78 is 13.2. The van der Waals surface area contributed by atoms with Gasteiger partial charge in [0, 0.05) is 30.0 Å². The highest BCUT2D eigenvalue weighted by Gasteiger charge is 2.20. The van der Waals surface area contributed by atoms with Crippen LogP contribution in [0.15, 0.2) is 34.2 Å². The fraction of sp³-hybridized carbons (Fsp3) is 0.312. The fourth-order valence-corrected chi connectivity index (χ4v) is 3.64. The lowest BCUT2D eigenvalue weighted by atomic mass is 9.94. The summed E-state index contributed by atoms with van der Waals surface area (Å²) in [6.45, 7) is 0. The average Bonchev–Trinajstić information content (AvgIpc) is 2.54. The highest BCUT2D eigenvalue weighted by Crippen LogP contribution is 2.37. The topological polar surface area (TPSA) is 80.9 Å². The number of hydrogen-bond donors (Lipinski definition) is 2. The molecule has 126 valence electrons. The number of aromatic nitrogens is 2. The zero-order chi connectivity index (χ0) is 17.1. The minimum Gasteiger partial charge on any atom is -0.368 e. The number of nitrogens with zero attached hydrogens (tertiary/aromatic N) is 2.